The summed E-state index contributed by atoms with van der Waals surface area (Å²) in [6.45, 7) is 3.92. The highest BCUT2D eigenvalue weighted by Gasteiger charge is 2.19. The summed E-state index contributed by atoms with van der Waals surface area (Å²) in [5, 5.41) is 2.74. The minimum absolute atomic E-state index is 0.238. The van der Waals surface area contributed by atoms with Gasteiger partial charge in [-0.15, -0.1) is 0 Å². The number of nitrogens with one attached hydrogen (secondary N) is 1. The molecule has 7 nitrogen and oxygen atoms in total. The third kappa shape index (κ3) is 3.66. The van der Waals surface area contributed by atoms with Crippen LogP contribution >= 0.6 is 0 Å². The molecule has 1 saturated heterocycles. The second-order valence-corrected chi connectivity index (χ2v) is 4.45. The van der Waals surface area contributed by atoms with Gasteiger partial charge in [0, 0.05) is 38.4 Å². The first-order chi connectivity index (χ1) is 9.70. The Balaban J connectivity index is 1.78. The average molecular weight is 278 g/mol. The van der Waals surface area contributed by atoms with E-state index in [-0.39, 0.29) is 12.0 Å². The highest BCUT2D eigenvalue weighted by molar-refractivity contribution is 5.93. The molecule has 0 spiro atoms. The van der Waals surface area contributed by atoms with E-state index in [4.69, 9.17) is 4.74 Å². The minimum Gasteiger partial charge on any atom is -0.449 e. The number of hydrogen-bond donors (Lipinski definition) is 1. The fraction of sp³-hybridized carbons (Fsp3) is 0.538. The Morgan fingerprint density at radius 2 is 2.20 bits per heavy atom. The molecule has 20 heavy (non-hydrogen) atoms. The van der Waals surface area contributed by atoms with Crippen molar-refractivity contribution in [1.82, 2.24) is 20.2 Å². The fourth-order valence-electron chi connectivity index (χ4n) is 1.86. The summed E-state index contributed by atoms with van der Waals surface area (Å²) in [7, 11) is 0. The van der Waals surface area contributed by atoms with Crippen LogP contribution in [0.25, 0.3) is 0 Å². The smallest absolute Gasteiger partial charge is 0.409 e. The second-order valence-electron chi connectivity index (χ2n) is 4.45. The van der Waals surface area contributed by atoms with Crippen molar-refractivity contribution < 1.29 is 14.3 Å². The molecular formula is C13H18N4O3. The predicted octanol–water partition coefficient (Wildman–Crippen LogP) is 0.611. The molecule has 2 amide bonds. The molecule has 0 aliphatic carbocycles. The maximum absolute atomic E-state index is 11.8. The lowest BCUT2D eigenvalue weighted by Gasteiger charge is -2.26. The van der Waals surface area contributed by atoms with Gasteiger partial charge in [-0.1, -0.05) is 6.92 Å². The SMILES string of the molecule is CCc1ncc(C(=O)NCCN2CCCOC2=O)cn1. The predicted molar refractivity (Wildman–Crippen MR) is 71.3 cm³/mol. The number of cyclic esters (lactones) is 1. The van der Waals surface area contributed by atoms with Crippen molar-refractivity contribution in [3.8, 4) is 0 Å². The Morgan fingerprint density at radius 1 is 1.45 bits per heavy atom. The quantitative estimate of drug-likeness (QED) is 0.853. The third-order valence-electron chi connectivity index (χ3n) is 3.01. The molecular weight excluding hydrogens is 260 g/mol. The summed E-state index contributed by atoms with van der Waals surface area (Å²) in [6, 6.07) is 0. The molecule has 2 heterocycles. The van der Waals surface area contributed by atoms with Crippen molar-refractivity contribution in [2.24, 2.45) is 0 Å². The standard InChI is InChI=1S/C13H18N4O3/c1-2-11-15-8-10(9-16-11)12(18)14-4-6-17-5-3-7-20-13(17)19/h8-9H,2-7H2,1H3,(H,14,18). The number of nitrogens with zero attached hydrogens (tertiary/aromatic N) is 3. The minimum atomic E-state index is -0.318. The Kier molecular flexibility index (Phi) is 4.86. The molecule has 0 saturated carbocycles. The first-order valence-electron chi connectivity index (χ1n) is 6.71. The maximum atomic E-state index is 11.8. The van der Waals surface area contributed by atoms with Crippen LogP contribution in [0.3, 0.4) is 0 Å². The molecule has 1 aromatic heterocycles. The summed E-state index contributed by atoms with van der Waals surface area (Å²) in [5.41, 5.74) is 0.420. The van der Waals surface area contributed by atoms with Gasteiger partial charge in [0.1, 0.15) is 5.82 Å². The lowest BCUT2D eigenvalue weighted by Crippen LogP contribution is -2.42. The topological polar surface area (TPSA) is 84.4 Å². The summed E-state index contributed by atoms with van der Waals surface area (Å²) in [5.74, 6) is 0.468. The van der Waals surface area contributed by atoms with Crippen LogP contribution < -0.4 is 5.32 Å². The van der Waals surface area contributed by atoms with E-state index in [9.17, 15) is 9.59 Å². The third-order valence-corrected chi connectivity index (χ3v) is 3.01. The second kappa shape index (κ2) is 6.83. The summed E-state index contributed by atoms with van der Waals surface area (Å²) < 4.78 is 4.91. The summed E-state index contributed by atoms with van der Waals surface area (Å²) in [4.78, 5) is 33.0. The number of ether oxygens (including phenoxy) is 1. The van der Waals surface area contributed by atoms with Gasteiger partial charge in [-0.2, -0.15) is 0 Å². The molecule has 1 fully saturated rings. The largest absolute Gasteiger partial charge is 0.449 e. The van der Waals surface area contributed by atoms with Crippen LogP contribution in [0.1, 0.15) is 29.5 Å². The Labute approximate surface area is 117 Å². The van der Waals surface area contributed by atoms with Crippen LogP contribution in [-0.2, 0) is 11.2 Å². The van der Waals surface area contributed by atoms with Crippen molar-refractivity contribution in [2.45, 2.75) is 19.8 Å². The monoisotopic (exact) mass is 278 g/mol. The highest BCUT2D eigenvalue weighted by Crippen LogP contribution is 2.03. The van der Waals surface area contributed by atoms with E-state index in [1.807, 2.05) is 6.92 Å². The van der Waals surface area contributed by atoms with E-state index in [1.165, 1.54) is 12.4 Å². The van der Waals surface area contributed by atoms with Crippen LogP contribution in [0.4, 0.5) is 4.79 Å². The van der Waals surface area contributed by atoms with Crippen molar-refractivity contribution in [3.05, 3.63) is 23.8 Å². The van der Waals surface area contributed by atoms with Gasteiger partial charge >= 0.3 is 6.09 Å². The van der Waals surface area contributed by atoms with E-state index in [1.54, 1.807) is 4.90 Å². The average Bonchev–Trinajstić information content (AvgIpc) is 2.49. The number of amides is 2. The van der Waals surface area contributed by atoms with Gasteiger partial charge in [-0.05, 0) is 6.42 Å². The van der Waals surface area contributed by atoms with Crippen molar-refractivity contribution in [2.75, 3.05) is 26.2 Å². The molecule has 0 radical (unpaired) electrons. The van der Waals surface area contributed by atoms with Crippen LogP contribution in [-0.4, -0.2) is 53.1 Å². The maximum Gasteiger partial charge on any atom is 0.409 e. The number of aryl methyl sites for hydroxylation is 1. The van der Waals surface area contributed by atoms with Crippen LogP contribution in [0.2, 0.25) is 0 Å². The fourth-order valence-corrected chi connectivity index (χ4v) is 1.86. The van der Waals surface area contributed by atoms with E-state index in [2.05, 4.69) is 15.3 Å². The van der Waals surface area contributed by atoms with Gasteiger partial charge in [-0.25, -0.2) is 14.8 Å². The van der Waals surface area contributed by atoms with E-state index in [0.29, 0.717) is 37.6 Å². The Bertz CT molecular complexity index is 475. The number of hydrogen-bond acceptors (Lipinski definition) is 5. The number of carbonyl (C=O) groups is 2. The molecule has 0 unspecified atom stereocenters. The summed E-state index contributed by atoms with van der Waals surface area (Å²) >= 11 is 0. The van der Waals surface area contributed by atoms with E-state index >= 15 is 0 Å². The van der Waals surface area contributed by atoms with E-state index in [0.717, 1.165) is 12.8 Å². The van der Waals surface area contributed by atoms with Gasteiger partial charge in [0.15, 0.2) is 0 Å². The zero-order chi connectivity index (χ0) is 14.4. The number of aromatic nitrogens is 2. The number of carbonyl (C=O) groups excluding carboxylic acids is 2. The van der Waals surface area contributed by atoms with Gasteiger partial charge in [-0.3, -0.25) is 4.79 Å². The lowest BCUT2D eigenvalue weighted by atomic mass is 10.3. The molecule has 1 N–H and O–H groups in total. The highest BCUT2D eigenvalue weighted by atomic mass is 16.6. The number of rotatable bonds is 5. The molecule has 7 heteroatoms. The summed E-state index contributed by atoms with van der Waals surface area (Å²) in [6.07, 6.45) is 4.26. The van der Waals surface area contributed by atoms with Crippen LogP contribution in [0, 0.1) is 0 Å². The lowest BCUT2D eigenvalue weighted by molar-refractivity contribution is 0.0719. The van der Waals surface area contributed by atoms with Crippen molar-refractivity contribution >= 4 is 12.0 Å². The molecule has 0 bridgehead atoms. The van der Waals surface area contributed by atoms with Gasteiger partial charge in [0.05, 0.1) is 12.2 Å². The van der Waals surface area contributed by atoms with Crippen LogP contribution in [0.15, 0.2) is 12.4 Å². The van der Waals surface area contributed by atoms with Gasteiger partial charge < -0.3 is 15.0 Å². The van der Waals surface area contributed by atoms with Gasteiger partial charge in [0.25, 0.3) is 5.91 Å². The van der Waals surface area contributed by atoms with Crippen LogP contribution in [0.5, 0.6) is 0 Å². The molecule has 108 valence electrons. The molecule has 0 aromatic carbocycles. The first kappa shape index (κ1) is 14.2. The van der Waals surface area contributed by atoms with E-state index < -0.39 is 0 Å². The zero-order valence-electron chi connectivity index (χ0n) is 11.5. The molecule has 2 rings (SSSR count). The normalized spacial score (nSPS) is 14.8. The zero-order valence-corrected chi connectivity index (χ0v) is 11.5. The van der Waals surface area contributed by atoms with Crippen molar-refractivity contribution in [1.29, 1.82) is 0 Å². The Hall–Kier alpha value is -2.18. The molecule has 1 aliphatic heterocycles. The van der Waals surface area contributed by atoms with Crippen molar-refractivity contribution in [3.63, 3.8) is 0 Å². The first-order valence-corrected chi connectivity index (χ1v) is 6.71. The molecule has 0 atom stereocenters. The molecule has 1 aromatic rings. The Morgan fingerprint density at radius 3 is 2.85 bits per heavy atom. The van der Waals surface area contributed by atoms with Gasteiger partial charge in [0.2, 0.25) is 0 Å². The molecule has 1 aliphatic rings.